The number of ether oxygens (including phenoxy) is 1. The van der Waals surface area contributed by atoms with E-state index in [-0.39, 0.29) is 5.91 Å². The lowest BCUT2D eigenvalue weighted by atomic mass is 10.1. The summed E-state index contributed by atoms with van der Waals surface area (Å²) < 4.78 is 5.68. The van der Waals surface area contributed by atoms with Crippen LogP contribution in [0.4, 0.5) is 0 Å². The van der Waals surface area contributed by atoms with E-state index in [2.05, 4.69) is 40.9 Å². The van der Waals surface area contributed by atoms with Gasteiger partial charge in [-0.05, 0) is 42.5 Å². The van der Waals surface area contributed by atoms with Crippen molar-refractivity contribution in [2.45, 2.75) is 36.8 Å². The molecule has 27 heavy (non-hydrogen) atoms. The van der Waals surface area contributed by atoms with Gasteiger partial charge in [0.25, 0.3) is 0 Å². The maximum atomic E-state index is 12.0. The first-order valence-electron chi connectivity index (χ1n) is 8.97. The molecule has 0 radical (unpaired) electrons. The number of thiol groups is 2. The van der Waals surface area contributed by atoms with E-state index in [0.717, 1.165) is 29.7 Å². The summed E-state index contributed by atoms with van der Waals surface area (Å²) in [6.07, 6.45) is 2.32. The van der Waals surface area contributed by atoms with E-state index in [0.29, 0.717) is 43.6 Å². The molecule has 0 unspecified atom stereocenters. The molecule has 0 bridgehead atoms. The van der Waals surface area contributed by atoms with Crippen molar-refractivity contribution in [3.63, 3.8) is 0 Å². The van der Waals surface area contributed by atoms with Gasteiger partial charge in [-0.2, -0.15) is 25.3 Å². The molecule has 0 saturated carbocycles. The number of nitrogens with two attached hydrogens (primary N) is 2. The molecular weight excluding hydrogens is 382 g/mol. The van der Waals surface area contributed by atoms with Crippen molar-refractivity contribution in [2.75, 3.05) is 26.7 Å². The van der Waals surface area contributed by atoms with E-state index >= 15 is 0 Å². The first-order valence-corrected chi connectivity index (χ1v) is 10.2. The molecule has 1 aromatic rings. The molecule has 0 heterocycles. The number of unbranched alkanes of at least 4 members (excludes halogenated alkanes) is 1. The number of guanidine groups is 1. The summed E-state index contributed by atoms with van der Waals surface area (Å²) in [5, 5.41) is 5.77. The molecule has 0 fully saturated rings. The van der Waals surface area contributed by atoms with Gasteiger partial charge in [0, 0.05) is 25.1 Å². The minimum Gasteiger partial charge on any atom is -0.492 e. The van der Waals surface area contributed by atoms with Gasteiger partial charge in [0.1, 0.15) is 12.4 Å². The highest BCUT2D eigenvalue weighted by Crippen LogP contribution is 2.20. The van der Waals surface area contributed by atoms with Gasteiger partial charge in [0.15, 0.2) is 5.96 Å². The third-order valence-corrected chi connectivity index (χ3v) is 4.70. The number of carbonyl (C=O) groups excluding carboxylic acids is 1. The van der Waals surface area contributed by atoms with E-state index in [1.54, 1.807) is 7.05 Å². The van der Waals surface area contributed by atoms with Crippen LogP contribution in [0.5, 0.6) is 5.75 Å². The number of nitrogens with zero attached hydrogens (tertiary/aromatic N) is 1. The summed E-state index contributed by atoms with van der Waals surface area (Å²) in [5.41, 5.74) is 13.7. The molecule has 0 spiro atoms. The summed E-state index contributed by atoms with van der Waals surface area (Å²) in [6.45, 7) is 1.50. The minimum absolute atomic E-state index is 0.164. The van der Waals surface area contributed by atoms with E-state index in [9.17, 15) is 4.79 Å². The Labute approximate surface area is 172 Å². The number of carbonyl (C=O) groups is 1. The van der Waals surface area contributed by atoms with Crippen molar-refractivity contribution in [3.8, 4) is 5.75 Å². The normalized spacial score (nSPS) is 12.5. The second kappa shape index (κ2) is 13.6. The van der Waals surface area contributed by atoms with Crippen LogP contribution >= 0.6 is 25.3 Å². The third-order valence-electron chi connectivity index (χ3n) is 4.01. The van der Waals surface area contributed by atoms with Crippen LogP contribution in [-0.2, 0) is 16.3 Å². The average Bonchev–Trinajstić information content (AvgIpc) is 2.69. The van der Waals surface area contributed by atoms with Crippen LogP contribution in [-0.4, -0.2) is 44.7 Å². The molecule has 9 heteroatoms. The Morgan fingerprint density at radius 1 is 1.19 bits per heavy atom. The number of amides is 1. The predicted molar refractivity (Wildman–Crippen MR) is 118 cm³/mol. The van der Waals surface area contributed by atoms with E-state index < -0.39 is 6.04 Å². The Morgan fingerprint density at radius 2 is 1.93 bits per heavy atom. The van der Waals surface area contributed by atoms with Crippen molar-refractivity contribution in [3.05, 3.63) is 29.3 Å². The topological polar surface area (TPSA) is 115 Å². The van der Waals surface area contributed by atoms with Gasteiger partial charge in [-0.25, -0.2) is 0 Å². The van der Waals surface area contributed by atoms with Gasteiger partial charge in [-0.1, -0.05) is 6.07 Å². The summed E-state index contributed by atoms with van der Waals surface area (Å²) in [5.74, 6) is 2.30. The monoisotopic (exact) mass is 413 g/mol. The summed E-state index contributed by atoms with van der Waals surface area (Å²) in [4.78, 5) is 15.8. The van der Waals surface area contributed by atoms with Crippen LogP contribution < -0.4 is 26.8 Å². The number of aliphatic imine (C=N–C) groups is 1. The van der Waals surface area contributed by atoms with Crippen molar-refractivity contribution in [1.82, 2.24) is 10.6 Å². The minimum atomic E-state index is -0.521. The Balaban J connectivity index is 2.21. The van der Waals surface area contributed by atoms with Gasteiger partial charge in [-0.15, -0.1) is 0 Å². The largest absolute Gasteiger partial charge is 0.492 e. The second-order valence-corrected chi connectivity index (χ2v) is 6.66. The molecule has 0 aliphatic rings. The molecule has 1 aromatic carbocycles. The Morgan fingerprint density at radius 3 is 2.59 bits per heavy atom. The van der Waals surface area contributed by atoms with Gasteiger partial charge < -0.3 is 26.8 Å². The molecule has 0 aromatic heterocycles. The van der Waals surface area contributed by atoms with Crippen LogP contribution in [0.2, 0.25) is 0 Å². The Kier molecular flexibility index (Phi) is 11.8. The molecule has 152 valence electrons. The molecule has 6 N–H and O–H groups in total. The van der Waals surface area contributed by atoms with Crippen molar-refractivity contribution < 1.29 is 9.53 Å². The average molecular weight is 414 g/mol. The maximum absolute atomic E-state index is 12.0. The molecule has 0 saturated heterocycles. The smallest absolute Gasteiger partial charge is 0.237 e. The molecular formula is C18H31N5O2S2. The van der Waals surface area contributed by atoms with Gasteiger partial charge in [0.05, 0.1) is 12.6 Å². The number of benzene rings is 1. The van der Waals surface area contributed by atoms with Crippen LogP contribution in [0, 0.1) is 0 Å². The standard InChI is InChI=1S/C18H31N5O2S2/c1-21-18(20)23-7-3-2-4-16(19)17(24)22-8-9-25-15-6-5-13(11-26)14(10-15)12-27/h5-6,10,16,26-27H,2-4,7-9,11-12,19H2,1H3,(H,22,24)(H3,20,21,23)/t16-/m0/s1. The fraction of sp³-hybridized carbons (Fsp3) is 0.556. The van der Waals surface area contributed by atoms with Crippen LogP contribution in [0.1, 0.15) is 30.4 Å². The fourth-order valence-corrected chi connectivity index (χ4v) is 2.99. The first kappa shape index (κ1) is 23.5. The van der Waals surface area contributed by atoms with Crippen LogP contribution in [0.15, 0.2) is 23.2 Å². The van der Waals surface area contributed by atoms with Gasteiger partial charge in [0.2, 0.25) is 5.91 Å². The first-order chi connectivity index (χ1) is 13.0. The predicted octanol–water partition coefficient (Wildman–Crippen LogP) is 1.07. The Hall–Kier alpha value is -1.58. The quantitative estimate of drug-likeness (QED) is 0.133. The molecule has 0 aliphatic carbocycles. The third kappa shape index (κ3) is 9.25. The van der Waals surface area contributed by atoms with Gasteiger partial charge >= 0.3 is 0 Å². The molecule has 1 atom stereocenters. The number of hydrogen-bond acceptors (Lipinski definition) is 6. The highest BCUT2D eigenvalue weighted by atomic mass is 32.1. The number of rotatable bonds is 12. The lowest BCUT2D eigenvalue weighted by Crippen LogP contribution is -2.42. The van der Waals surface area contributed by atoms with Crippen LogP contribution in [0.25, 0.3) is 0 Å². The van der Waals surface area contributed by atoms with E-state index in [4.69, 9.17) is 16.2 Å². The van der Waals surface area contributed by atoms with Gasteiger partial charge in [-0.3, -0.25) is 9.79 Å². The number of nitrogens with one attached hydrogen (secondary N) is 2. The summed E-state index contributed by atoms with van der Waals surface area (Å²) in [6, 6.07) is 5.32. The molecule has 0 aliphatic heterocycles. The fourth-order valence-electron chi connectivity index (χ4n) is 2.38. The zero-order valence-electron chi connectivity index (χ0n) is 15.8. The lowest BCUT2D eigenvalue weighted by molar-refractivity contribution is -0.122. The SMILES string of the molecule is CN=C(N)NCCCC[C@H](N)C(=O)NCCOc1ccc(CS)c(CS)c1. The lowest BCUT2D eigenvalue weighted by Gasteiger charge is -2.13. The zero-order chi connectivity index (χ0) is 20.1. The van der Waals surface area contributed by atoms with Crippen molar-refractivity contribution in [2.24, 2.45) is 16.5 Å². The van der Waals surface area contributed by atoms with E-state index in [1.807, 2.05) is 18.2 Å². The van der Waals surface area contributed by atoms with Crippen molar-refractivity contribution >= 4 is 37.1 Å². The summed E-state index contributed by atoms with van der Waals surface area (Å²) >= 11 is 8.62. The number of hydrogen-bond donors (Lipinski definition) is 6. The maximum Gasteiger partial charge on any atom is 0.237 e. The zero-order valence-corrected chi connectivity index (χ0v) is 17.6. The molecule has 7 nitrogen and oxygen atoms in total. The highest BCUT2D eigenvalue weighted by molar-refractivity contribution is 7.79. The molecule has 1 amide bonds. The van der Waals surface area contributed by atoms with Crippen LogP contribution in [0.3, 0.4) is 0 Å². The second-order valence-electron chi connectivity index (χ2n) is 6.02. The highest BCUT2D eigenvalue weighted by Gasteiger charge is 2.12. The molecule has 1 rings (SSSR count). The van der Waals surface area contributed by atoms with Crippen molar-refractivity contribution in [1.29, 1.82) is 0 Å². The van der Waals surface area contributed by atoms with E-state index in [1.165, 1.54) is 0 Å². The Bertz CT molecular complexity index is 613. The summed E-state index contributed by atoms with van der Waals surface area (Å²) in [7, 11) is 1.63.